The molecule has 1 aromatic carbocycles. The van der Waals surface area contributed by atoms with Crippen LogP contribution in [-0.4, -0.2) is 47.8 Å². The first-order chi connectivity index (χ1) is 11.3. The SMILES string of the molecule is COc1ccc(C(NC(=O)C2=NN(C)C(=O)CC2)C(=O)O)cc1Br. The molecule has 24 heavy (non-hydrogen) atoms. The number of carbonyl (C=O) groups is 3. The Morgan fingerprint density at radius 1 is 1.42 bits per heavy atom. The summed E-state index contributed by atoms with van der Waals surface area (Å²) in [6.07, 6.45) is 0.336. The van der Waals surface area contributed by atoms with Gasteiger partial charge in [0.05, 0.1) is 11.6 Å². The van der Waals surface area contributed by atoms with Crippen LogP contribution in [0.1, 0.15) is 24.4 Å². The maximum atomic E-state index is 12.3. The van der Waals surface area contributed by atoms with E-state index < -0.39 is 17.9 Å². The molecule has 128 valence electrons. The van der Waals surface area contributed by atoms with Gasteiger partial charge < -0.3 is 15.2 Å². The second-order valence-electron chi connectivity index (χ2n) is 5.10. The lowest BCUT2D eigenvalue weighted by Crippen LogP contribution is -2.41. The van der Waals surface area contributed by atoms with E-state index in [1.807, 2.05) is 0 Å². The largest absolute Gasteiger partial charge is 0.496 e. The third kappa shape index (κ3) is 3.91. The Balaban J connectivity index is 2.21. The van der Waals surface area contributed by atoms with Crippen molar-refractivity contribution < 1.29 is 24.2 Å². The summed E-state index contributed by atoms with van der Waals surface area (Å²) < 4.78 is 5.67. The van der Waals surface area contributed by atoms with Crippen molar-refractivity contribution in [3.05, 3.63) is 28.2 Å². The summed E-state index contributed by atoms with van der Waals surface area (Å²) in [6, 6.07) is 3.48. The van der Waals surface area contributed by atoms with Gasteiger partial charge in [0.2, 0.25) is 5.91 Å². The normalized spacial score (nSPS) is 15.5. The van der Waals surface area contributed by atoms with Crippen LogP contribution in [0.3, 0.4) is 0 Å². The van der Waals surface area contributed by atoms with Crippen molar-refractivity contribution >= 4 is 39.4 Å². The van der Waals surface area contributed by atoms with Crippen LogP contribution in [0.15, 0.2) is 27.8 Å². The predicted molar refractivity (Wildman–Crippen MR) is 88.7 cm³/mol. The maximum Gasteiger partial charge on any atom is 0.330 e. The van der Waals surface area contributed by atoms with Gasteiger partial charge in [-0.15, -0.1) is 0 Å². The Morgan fingerprint density at radius 3 is 2.67 bits per heavy atom. The number of carboxylic acids is 1. The molecule has 0 saturated carbocycles. The van der Waals surface area contributed by atoms with E-state index in [1.165, 1.54) is 14.2 Å². The lowest BCUT2D eigenvalue weighted by molar-refractivity contribution is -0.141. The molecule has 2 rings (SSSR count). The van der Waals surface area contributed by atoms with Crippen LogP contribution in [-0.2, 0) is 14.4 Å². The Bertz CT molecular complexity index is 719. The summed E-state index contributed by atoms with van der Waals surface area (Å²) in [4.78, 5) is 35.2. The first-order valence-corrected chi connectivity index (χ1v) is 7.84. The Morgan fingerprint density at radius 2 is 2.12 bits per heavy atom. The van der Waals surface area contributed by atoms with E-state index in [0.717, 1.165) is 5.01 Å². The number of carbonyl (C=O) groups excluding carboxylic acids is 2. The summed E-state index contributed by atoms with van der Waals surface area (Å²) >= 11 is 3.28. The molecule has 1 aliphatic rings. The number of halogens is 1. The molecule has 0 spiro atoms. The zero-order valence-electron chi connectivity index (χ0n) is 13.1. The number of nitrogens with zero attached hydrogens (tertiary/aromatic N) is 2. The summed E-state index contributed by atoms with van der Waals surface area (Å²) in [5.74, 6) is -1.47. The summed E-state index contributed by atoms with van der Waals surface area (Å²) in [7, 11) is 2.94. The summed E-state index contributed by atoms with van der Waals surface area (Å²) in [6.45, 7) is 0. The summed E-state index contributed by atoms with van der Waals surface area (Å²) in [5, 5.41) is 16.8. The van der Waals surface area contributed by atoms with Crippen molar-refractivity contribution in [2.75, 3.05) is 14.2 Å². The van der Waals surface area contributed by atoms with E-state index in [4.69, 9.17) is 4.74 Å². The van der Waals surface area contributed by atoms with Crippen molar-refractivity contribution in [1.82, 2.24) is 10.3 Å². The van der Waals surface area contributed by atoms with Crippen LogP contribution in [0.5, 0.6) is 5.75 Å². The van der Waals surface area contributed by atoms with Gasteiger partial charge in [-0.3, -0.25) is 9.59 Å². The van der Waals surface area contributed by atoms with Gasteiger partial charge in [-0.2, -0.15) is 5.10 Å². The number of nitrogens with one attached hydrogen (secondary N) is 1. The number of hydrogen-bond acceptors (Lipinski definition) is 5. The van der Waals surface area contributed by atoms with E-state index in [-0.39, 0.29) is 24.5 Å². The third-order valence-electron chi connectivity index (χ3n) is 3.50. The van der Waals surface area contributed by atoms with Crippen molar-refractivity contribution in [3.8, 4) is 5.75 Å². The number of ether oxygens (including phenoxy) is 1. The van der Waals surface area contributed by atoms with E-state index in [0.29, 0.717) is 15.8 Å². The van der Waals surface area contributed by atoms with E-state index in [2.05, 4.69) is 26.3 Å². The van der Waals surface area contributed by atoms with Crippen LogP contribution in [0.2, 0.25) is 0 Å². The molecular weight excluding hydrogens is 382 g/mol. The fourth-order valence-corrected chi connectivity index (χ4v) is 2.76. The number of hydrogen-bond donors (Lipinski definition) is 2. The Kier molecular flexibility index (Phi) is 5.55. The lowest BCUT2D eigenvalue weighted by Gasteiger charge is -2.21. The van der Waals surface area contributed by atoms with E-state index >= 15 is 0 Å². The van der Waals surface area contributed by atoms with Gasteiger partial charge in [0.1, 0.15) is 11.5 Å². The molecule has 1 aromatic rings. The third-order valence-corrected chi connectivity index (χ3v) is 4.12. The zero-order valence-corrected chi connectivity index (χ0v) is 14.7. The topological polar surface area (TPSA) is 108 Å². The van der Waals surface area contributed by atoms with Crippen molar-refractivity contribution in [2.45, 2.75) is 18.9 Å². The van der Waals surface area contributed by atoms with Crippen molar-refractivity contribution in [2.24, 2.45) is 5.10 Å². The van der Waals surface area contributed by atoms with Gasteiger partial charge in [0.25, 0.3) is 5.91 Å². The number of aliphatic carboxylic acids is 1. The molecule has 1 aliphatic heterocycles. The minimum absolute atomic E-state index is 0.121. The van der Waals surface area contributed by atoms with Crippen LogP contribution < -0.4 is 10.1 Å². The van der Waals surface area contributed by atoms with Gasteiger partial charge in [-0.1, -0.05) is 6.07 Å². The van der Waals surface area contributed by atoms with Crippen LogP contribution >= 0.6 is 15.9 Å². The first kappa shape index (κ1) is 17.9. The molecule has 2 N–H and O–H groups in total. The van der Waals surface area contributed by atoms with Gasteiger partial charge in [0, 0.05) is 19.9 Å². The first-order valence-electron chi connectivity index (χ1n) is 7.04. The number of carboxylic acid groups (broad SMARTS) is 1. The molecule has 0 fully saturated rings. The average molecular weight is 398 g/mol. The van der Waals surface area contributed by atoms with Gasteiger partial charge in [0.15, 0.2) is 6.04 Å². The molecule has 1 unspecified atom stereocenters. The zero-order chi connectivity index (χ0) is 17.9. The quantitative estimate of drug-likeness (QED) is 0.778. The fourth-order valence-electron chi connectivity index (χ4n) is 2.20. The molecular formula is C15H16BrN3O5. The van der Waals surface area contributed by atoms with Gasteiger partial charge >= 0.3 is 5.97 Å². The second kappa shape index (κ2) is 7.43. The predicted octanol–water partition coefficient (Wildman–Crippen LogP) is 1.31. The molecule has 0 radical (unpaired) electrons. The van der Waals surface area contributed by atoms with Crippen molar-refractivity contribution in [1.29, 1.82) is 0 Å². The molecule has 9 heteroatoms. The smallest absolute Gasteiger partial charge is 0.330 e. The monoisotopic (exact) mass is 397 g/mol. The maximum absolute atomic E-state index is 12.3. The molecule has 0 saturated heterocycles. The number of amides is 2. The van der Waals surface area contributed by atoms with E-state index in [9.17, 15) is 19.5 Å². The highest BCUT2D eigenvalue weighted by Crippen LogP contribution is 2.28. The van der Waals surface area contributed by atoms with Gasteiger partial charge in [-0.25, -0.2) is 9.80 Å². The van der Waals surface area contributed by atoms with Gasteiger partial charge in [-0.05, 0) is 33.6 Å². The average Bonchev–Trinajstić information content (AvgIpc) is 2.54. The Labute approximate surface area is 146 Å². The molecule has 0 aliphatic carbocycles. The summed E-state index contributed by atoms with van der Waals surface area (Å²) in [5.41, 5.74) is 0.500. The highest BCUT2D eigenvalue weighted by Gasteiger charge is 2.27. The minimum Gasteiger partial charge on any atom is -0.496 e. The number of benzene rings is 1. The molecule has 0 aromatic heterocycles. The minimum atomic E-state index is -1.25. The standard InChI is InChI=1S/C15H16BrN3O5/c1-19-12(20)6-4-10(18-19)14(21)17-13(15(22)23)8-3-5-11(24-2)9(16)7-8/h3,5,7,13H,4,6H2,1-2H3,(H,17,21)(H,22,23). The van der Waals surface area contributed by atoms with Crippen LogP contribution in [0.4, 0.5) is 0 Å². The molecule has 0 bridgehead atoms. The lowest BCUT2D eigenvalue weighted by atomic mass is 10.1. The number of hydrazone groups is 1. The number of methoxy groups -OCH3 is 1. The highest BCUT2D eigenvalue weighted by atomic mass is 79.9. The van der Waals surface area contributed by atoms with E-state index in [1.54, 1.807) is 18.2 Å². The van der Waals surface area contributed by atoms with Crippen molar-refractivity contribution in [3.63, 3.8) is 0 Å². The highest BCUT2D eigenvalue weighted by molar-refractivity contribution is 9.10. The van der Waals surface area contributed by atoms with Crippen LogP contribution in [0.25, 0.3) is 0 Å². The number of rotatable bonds is 5. The fraction of sp³-hybridized carbons (Fsp3) is 0.333. The molecule has 1 heterocycles. The Hall–Kier alpha value is -2.42. The molecule has 8 nitrogen and oxygen atoms in total. The molecule has 2 amide bonds. The van der Waals surface area contributed by atoms with Crippen LogP contribution in [0, 0.1) is 0 Å². The second-order valence-corrected chi connectivity index (χ2v) is 5.96. The molecule has 1 atom stereocenters.